The number of carbonyl (C=O) groups excluding carboxylic acids is 1. The van der Waals surface area contributed by atoms with Crippen LogP contribution in [0.2, 0.25) is 0 Å². The van der Waals surface area contributed by atoms with Gasteiger partial charge in [0.1, 0.15) is 11.5 Å². The average Bonchev–Trinajstić information content (AvgIpc) is 2.49. The maximum atomic E-state index is 12.5. The topological polar surface area (TPSA) is 35.5 Å². The summed E-state index contributed by atoms with van der Waals surface area (Å²) in [5.41, 5.74) is 1.98. The molecular formula is C18H20O3. The fourth-order valence-corrected chi connectivity index (χ4v) is 3.21. The molecule has 2 aromatic rings. The number of Topliss-reactive ketones (excluding diaryl/α,β-unsaturated/α-hetero) is 1. The summed E-state index contributed by atoms with van der Waals surface area (Å²) in [7, 11) is 3.27. The van der Waals surface area contributed by atoms with Crippen LogP contribution in [0.3, 0.4) is 0 Å². The Morgan fingerprint density at radius 3 is 2.48 bits per heavy atom. The molecule has 0 spiro atoms. The number of carbonyl (C=O) groups is 1. The van der Waals surface area contributed by atoms with Gasteiger partial charge in [0, 0.05) is 28.8 Å². The lowest BCUT2D eigenvalue weighted by molar-refractivity contribution is 0.0959. The molecule has 3 nitrogen and oxygen atoms in total. The maximum absolute atomic E-state index is 12.5. The number of ketones is 1. The Bertz CT molecular complexity index is 729. The van der Waals surface area contributed by atoms with Crippen molar-refractivity contribution in [3.8, 4) is 11.5 Å². The van der Waals surface area contributed by atoms with Gasteiger partial charge in [-0.1, -0.05) is 26.0 Å². The minimum absolute atomic E-state index is 0.0216. The van der Waals surface area contributed by atoms with E-state index in [1.54, 1.807) is 14.2 Å². The van der Waals surface area contributed by atoms with Crippen LogP contribution in [0, 0.1) is 0 Å². The molecule has 0 N–H and O–H groups in total. The van der Waals surface area contributed by atoms with Crippen LogP contribution < -0.4 is 9.47 Å². The van der Waals surface area contributed by atoms with Crippen molar-refractivity contribution in [1.82, 2.24) is 0 Å². The van der Waals surface area contributed by atoms with Crippen molar-refractivity contribution in [3.05, 3.63) is 35.4 Å². The minimum atomic E-state index is 0.0216. The van der Waals surface area contributed by atoms with Crippen LogP contribution in [0.1, 0.15) is 42.6 Å². The van der Waals surface area contributed by atoms with Crippen LogP contribution in [-0.2, 0) is 5.41 Å². The Labute approximate surface area is 124 Å². The Morgan fingerprint density at radius 2 is 1.81 bits per heavy atom. The summed E-state index contributed by atoms with van der Waals surface area (Å²) in [6.07, 6.45) is 1.49. The van der Waals surface area contributed by atoms with E-state index in [2.05, 4.69) is 19.9 Å². The highest BCUT2D eigenvalue weighted by Crippen LogP contribution is 2.42. The zero-order valence-corrected chi connectivity index (χ0v) is 12.9. The van der Waals surface area contributed by atoms with Crippen LogP contribution in [0.4, 0.5) is 0 Å². The summed E-state index contributed by atoms with van der Waals surface area (Å²) in [5, 5.41) is 1.89. The molecule has 0 unspecified atom stereocenters. The summed E-state index contributed by atoms with van der Waals surface area (Å²) in [6, 6.07) is 7.92. The second-order valence-corrected chi connectivity index (χ2v) is 6.22. The fourth-order valence-electron chi connectivity index (χ4n) is 3.21. The maximum Gasteiger partial charge on any atom is 0.163 e. The molecular weight excluding hydrogens is 264 g/mol. The molecule has 0 bridgehead atoms. The lowest BCUT2D eigenvalue weighted by Crippen LogP contribution is -2.27. The van der Waals surface area contributed by atoms with Crippen LogP contribution in [0.5, 0.6) is 11.5 Å². The molecule has 3 rings (SSSR count). The van der Waals surface area contributed by atoms with E-state index in [1.165, 1.54) is 0 Å². The molecule has 0 radical (unpaired) electrons. The highest BCUT2D eigenvalue weighted by Gasteiger charge is 2.33. The van der Waals surface area contributed by atoms with E-state index in [0.717, 1.165) is 34.1 Å². The number of hydrogen-bond acceptors (Lipinski definition) is 3. The largest absolute Gasteiger partial charge is 0.497 e. The van der Waals surface area contributed by atoms with E-state index in [-0.39, 0.29) is 11.2 Å². The van der Waals surface area contributed by atoms with Crippen LogP contribution in [0.25, 0.3) is 10.8 Å². The zero-order valence-electron chi connectivity index (χ0n) is 12.9. The molecule has 0 aromatic heterocycles. The van der Waals surface area contributed by atoms with Crippen molar-refractivity contribution in [2.75, 3.05) is 14.2 Å². The summed E-state index contributed by atoms with van der Waals surface area (Å²) < 4.78 is 10.8. The van der Waals surface area contributed by atoms with E-state index < -0.39 is 0 Å². The lowest BCUT2D eigenvalue weighted by Gasteiger charge is -2.32. The highest BCUT2D eigenvalue weighted by atomic mass is 16.5. The van der Waals surface area contributed by atoms with Crippen molar-refractivity contribution in [3.63, 3.8) is 0 Å². The predicted octanol–water partition coefficient (Wildman–Crippen LogP) is 4.11. The summed E-state index contributed by atoms with van der Waals surface area (Å²) in [5.74, 6) is 1.66. The van der Waals surface area contributed by atoms with Crippen LogP contribution in [0.15, 0.2) is 24.3 Å². The SMILES string of the molecule is COc1cc(OC)c2ccc3c(c2c1)C(=O)CCC3(C)C. The fraction of sp³-hybridized carbons (Fsp3) is 0.389. The quantitative estimate of drug-likeness (QED) is 0.832. The van der Waals surface area contributed by atoms with Crippen molar-refractivity contribution in [1.29, 1.82) is 0 Å². The van der Waals surface area contributed by atoms with Gasteiger partial charge in [-0.25, -0.2) is 0 Å². The van der Waals surface area contributed by atoms with Gasteiger partial charge in [0.25, 0.3) is 0 Å². The van der Waals surface area contributed by atoms with E-state index in [1.807, 2.05) is 18.2 Å². The first-order valence-corrected chi connectivity index (χ1v) is 7.20. The highest BCUT2D eigenvalue weighted by molar-refractivity contribution is 6.12. The summed E-state index contributed by atoms with van der Waals surface area (Å²) >= 11 is 0. The van der Waals surface area contributed by atoms with Gasteiger partial charge in [0.05, 0.1) is 14.2 Å². The second-order valence-electron chi connectivity index (χ2n) is 6.22. The Morgan fingerprint density at radius 1 is 1.05 bits per heavy atom. The van der Waals surface area contributed by atoms with Gasteiger partial charge in [0.2, 0.25) is 0 Å². The molecule has 0 aliphatic heterocycles. The van der Waals surface area contributed by atoms with Gasteiger partial charge in [-0.2, -0.15) is 0 Å². The van der Waals surface area contributed by atoms with Crippen molar-refractivity contribution < 1.29 is 14.3 Å². The molecule has 2 aromatic carbocycles. The molecule has 1 aliphatic carbocycles. The monoisotopic (exact) mass is 284 g/mol. The van der Waals surface area contributed by atoms with Gasteiger partial charge < -0.3 is 9.47 Å². The Hall–Kier alpha value is -2.03. The van der Waals surface area contributed by atoms with Crippen molar-refractivity contribution >= 4 is 16.6 Å². The number of ether oxygens (including phenoxy) is 2. The zero-order chi connectivity index (χ0) is 15.2. The first kappa shape index (κ1) is 13.9. The molecule has 0 atom stereocenters. The number of methoxy groups -OCH3 is 2. The van der Waals surface area contributed by atoms with E-state index in [4.69, 9.17) is 9.47 Å². The first-order chi connectivity index (χ1) is 9.97. The van der Waals surface area contributed by atoms with Gasteiger partial charge in [-0.05, 0) is 23.5 Å². The van der Waals surface area contributed by atoms with Gasteiger partial charge >= 0.3 is 0 Å². The standard InChI is InChI=1S/C18H20O3/c1-18(2)8-7-15(19)17-13-9-11(20-3)10-16(21-4)12(13)5-6-14(17)18/h5-6,9-10H,7-8H2,1-4H3. The molecule has 0 amide bonds. The van der Waals surface area contributed by atoms with Crippen LogP contribution in [-0.4, -0.2) is 20.0 Å². The predicted molar refractivity (Wildman–Crippen MR) is 83.6 cm³/mol. The number of rotatable bonds is 2. The van der Waals surface area contributed by atoms with E-state index >= 15 is 0 Å². The van der Waals surface area contributed by atoms with Gasteiger partial charge in [-0.15, -0.1) is 0 Å². The molecule has 3 heteroatoms. The van der Waals surface area contributed by atoms with Gasteiger partial charge in [0.15, 0.2) is 5.78 Å². The molecule has 0 heterocycles. The number of benzene rings is 2. The van der Waals surface area contributed by atoms with Crippen molar-refractivity contribution in [2.24, 2.45) is 0 Å². The summed E-state index contributed by atoms with van der Waals surface area (Å²) in [6.45, 7) is 4.39. The third-order valence-electron chi connectivity index (χ3n) is 4.51. The average molecular weight is 284 g/mol. The molecule has 21 heavy (non-hydrogen) atoms. The third kappa shape index (κ3) is 2.08. The number of fused-ring (bicyclic) bond motifs is 3. The summed E-state index contributed by atoms with van der Waals surface area (Å²) in [4.78, 5) is 12.5. The number of hydrogen-bond donors (Lipinski definition) is 0. The third-order valence-corrected chi connectivity index (χ3v) is 4.51. The Kier molecular flexibility index (Phi) is 3.16. The molecule has 110 valence electrons. The van der Waals surface area contributed by atoms with E-state index in [9.17, 15) is 4.79 Å². The van der Waals surface area contributed by atoms with E-state index in [0.29, 0.717) is 12.2 Å². The lowest BCUT2D eigenvalue weighted by atomic mass is 9.71. The minimum Gasteiger partial charge on any atom is -0.497 e. The molecule has 1 aliphatic rings. The molecule has 0 saturated heterocycles. The smallest absolute Gasteiger partial charge is 0.163 e. The second kappa shape index (κ2) is 4.76. The van der Waals surface area contributed by atoms with Crippen molar-refractivity contribution in [2.45, 2.75) is 32.1 Å². The van der Waals surface area contributed by atoms with Crippen LogP contribution >= 0.6 is 0 Å². The van der Waals surface area contributed by atoms with Gasteiger partial charge in [-0.3, -0.25) is 4.79 Å². The molecule has 0 saturated carbocycles. The Balaban J connectivity index is 2.41. The normalized spacial score (nSPS) is 16.7. The molecule has 0 fully saturated rings. The first-order valence-electron chi connectivity index (χ1n) is 7.20.